The van der Waals surface area contributed by atoms with E-state index in [1.807, 2.05) is 41.8 Å². The number of pyridine rings is 1. The van der Waals surface area contributed by atoms with Gasteiger partial charge < -0.3 is 18.9 Å². The minimum Gasteiger partial charge on any atom is -0.361 e. The molecule has 0 bridgehead atoms. The van der Waals surface area contributed by atoms with Gasteiger partial charge in [0.25, 0.3) is 11.8 Å². The van der Waals surface area contributed by atoms with Crippen molar-refractivity contribution in [3.05, 3.63) is 70.1 Å². The number of carbonyl (C=O) groups is 2. The summed E-state index contributed by atoms with van der Waals surface area (Å²) in [7, 11) is 0. The van der Waals surface area contributed by atoms with Crippen LogP contribution in [0.25, 0.3) is 0 Å². The van der Waals surface area contributed by atoms with Crippen LogP contribution < -0.4 is 0 Å². The number of aryl methyl sites for hydroxylation is 3. The average Bonchev–Trinajstić information content (AvgIpc) is 3.51. The quantitative estimate of drug-likeness (QED) is 0.571. The summed E-state index contributed by atoms with van der Waals surface area (Å²) in [5.74, 6) is 0.695. The number of nitrogens with zero attached hydrogens (tertiary/aromatic N) is 5. The van der Waals surface area contributed by atoms with Crippen molar-refractivity contribution in [3.63, 3.8) is 0 Å². The number of rotatable bonds is 4. The zero-order valence-electron chi connectivity index (χ0n) is 21.0. The van der Waals surface area contributed by atoms with Gasteiger partial charge >= 0.3 is 0 Å². The van der Waals surface area contributed by atoms with Crippen LogP contribution in [-0.4, -0.2) is 62.5 Å². The van der Waals surface area contributed by atoms with E-state index in [0.717, 1.165) is 55.8 Å². The lowest BCUT2D eigenvalue weighted by atomic mass is 9.77. The molecule has 1 spiro atoms. The van der Waals surface area contributed by atoms with Gasteiger partial charge in [-0.25, -0.2) is 0 Å². The first kappa shape index (κ1) is 23.3. The van der Waals surface area contributed by atoms with Crippen molar-refractivity contribution in [2.45, 2.75) is 53.5 Å². The van der Waals surface area contributed by atoms with Gasteiger partial charge in [0.05, 0.1) is 11.3 Å². The Kier molecular flexibility index (Phi) is 5.99. The Bertz CT molecular complexity index is 1230. The lowest BCUT2D eigenvalue weighted by Gasteiger charge is -2.39. The van der Waals surface area contributed by atoms with Gasteiger partial charge in [0.15, 0.2) is 0 Å². The van der Waals surface area contributed by atoms with Crippen LogP contribution in [0, 0.1) is 33.1 Å². The lowest BCUT2D eigenvalue weighted by Crippen LogP contribution is -2.45. The molecule has 35 heavy (non-hydrogen) atoms. The zero-order chi connectivity index (χ0) is 24.7. The van der Waals surface area contributed by atoms with E-state index in [2.05, 4.69) is 21.6 Å². The van der Waals surface area contributed by atoms with E-state index >= 15 is 0 Å². The molecule has 3 aromatic rings. The van der Waals surface area contributed by atoms with Crippen LogP contribution in [0.3, 0.4) is 0 Å². The molecule has 2 aliphatic heterocycles. The van der Waals surface area contributed by atoms with Crippen molar-refractivity contribution < 1.29 is 14.1 Å². The molecule has 2 fully saturated rings. The Labute approximate surface area is 205 Å². The van der Waals surface area contributed by atoms with E-state index in [1.54, 1.807) is 19.3 Å². The molecule has 2 aliphatic rings. The highest BCUT2D eigenvalue weighted by Crippen LogP contribution is 2.41. The monoisotopic (exact) mass is 475 g/mol. The predicted molar refractivity (Wildman–Crippen MR) is 131 cm³/mol. The van der Waals surface area contributed by atoms with Gasteiger partial charge in [0, 0.05) is 56.5 Å². The maximum Gasteiger partial charge on any atom is 0.259 e. The van der Waals surface area contributed by atoms with Crippen LogP contribution in [0.1, 0.15) is 68.4 Å². The molecule has 0 N–H and O–H groups in total. The van der Waals surface area contributed by atoms with E-state index in [9.17, 15) is 9.59 Å². The van der Waals surface area contributed by atoms with Gasteiger partial charge in [-0.1, -0.05) is 5.16 Å². The molecule has 3 aromatic heterocycles. The van der Waals surface area contributed by atoms with E-state index in [0.29, 0.717) is 30.1 Å². The molecule has 0 saturated carbocycles. The molecular formula is C27H33N5O3. The lowest BCUT2D eigenvalue weighted by molar-refractivity contribution is 0.0563. The minimum absolute atomic E-state index is 0.00339. The normalized spacial score (nSPS) is 17.4. The summed E-state index contributed by atoms with van der Waals surface area (Å²) in [6.45, 7) is 11.3. The highest BCUT2D eigenvalue weighted by Gasteiger charge is 2.43. The molecular weight excluding hydrogens is 442 g/mol. The number of piperidine rings is 1. The number of hydrogen-bond acceptors (Lipinski definition) is 5. The fourth-order valence-corrected chi connectivity index (χ4v) is 5.75. The summed E-state index contributed by atoms with van der Waals surface area (Å²) in [5.41, 5.74) is 5.37. The molecule has 8 nitrogen and oxygen atoms in total. The maximum atomic E-state index is 13.5. The number of aromatic nitrogens is 3. The van der Waals surface area contributed by atoms with Gasteiger partial charge in [-0.05, 0) is 76.1 Å². The second-order valence-electron chi connectivity index (χ2n) is 10.2. The number of amides is 2. The third kappa shape index (κ3) is 4.26. The van der Waals surface area contributed by atoms with Crippen molar-refractivity contribution in [1.82, 2.24) is 24.5 Å². The first-order valence-corrected chi connectivity index (χ1v) is 12.3. The van der Waals surface area contributed by atoms with E-state index < -0.39 is 0 Å². The van der Waals surface area contributed by atoms with Crippen molar-refractivity contribution in [3.8, 4) is 0 Å². The van der Waals surface area contributed by atoms with Gasteiger partial charge in [-0.15, -0.1) is 0 Å². The zero-order valence-corrected chi connectivity index (χ0v) is 21.0. The van der Waals surface area contributed by atoms with Crippen molar-refractivity contribution >= 4 is 11.8 Å². The largest absolute Gasteiger partial charge is 0.361 e. The molecule has 0 radical (unpaired) electrons. The summed E-state index contributed by atoms with van der Waals surface area (Å²) < 4.78 is 7.39. The number of hydrogen-bond donors (Lipinski definition) is 0. The third-order valence-electron chi connectivity index (χ3n) is 7.98. The molecule has 8 heteroatoms. The first-order chi connectivity index (χ1) is 16.8. The number of carbonyl (C=O) groups excluding carboxylic acids is 2. The SMILES string of the molecule is Cc1noc(C)c1C(=O)N1CCC2(CCN(C(=O)c3cc(C)n(Cc4ccncc4)c3C)C2)CC1. The van der Waals surface area contributed by atoms with Crippen molar-refractivity contribution in [2.75, 3.05) is 26.2 Å². The molecule has 0 aromatic carbocycles. The summed E-state index contributed by atoms with van der Waals surface area (Å²) in [5, 5.41) is 3.93. The molecule has 2 saturated heterocycles. The topological polar surface area (TPSA) is 84.5 Å². The fraction of sp³-hybridized carbons (Fsp3) is 0.481. The predicted octanol–water partition coefficient (Wildman–Crippen LogP) is 3.92. The van der Waals surface area contributed by atoms with Crippen LogP contribution in [-0.2, 0) is 6.54 Å². The molecule has 5 heterocycles. The average molecular weight is 476 g/mol. The van der Waals surface area contributed by atoms with E-state index in [4.69, 9.17) is 4.52 Å². The Hall–Kier alpha value is -3.42. The second kappa shape index (κ2) is 8.98. The molecule has 2 amide bonds. The Balaban J connectivity index is 1.24. The summed E-state index contributed by atoms with van der Waals surface area (Å²) >= 11 is 0. The van der Waals surface area contributed by atoms with Gasteiger partial charge in [0.2, 0.25) is 0 Å². The fourth-order valence-electron chi connectivity index (χ4n) is 5.75. The summed E-state index contributed by atoms with van der Waals surface area (Å²) in [4.78, 5) is 34.6. The van der Waals surface area contributed by atoms with Crippen LogP contribution in [0.15, 0.2) is 35.1 Å². The molecule has 184 valence electrons. The molecule has 0 unspecified atom stereocenters. The Morgan fingerprint density at radius 1 is 0.971 bits per heavy atom. The van der Waals surface area contributed by atoms with E-state index in [-0.39, 0.29) is 17.2 Å². The standard InChI is InChI=1S/C27H33N5O3/c1-18-15-23(20(3)32(18)16-22-5-10-28-11-6-22)25(33)31-14-9-27(17-31)7-12-30(13-8-27)26(34)24-19(2)29-35-21(24)4/h5-6,10-11,15H,7-9,12-14,16-17H2,1-4H3. The van der Waals surface area contributed by atoms with Gasteiger partial charge in [-0.3, -0.25) is 14.6 Å². The van der Waals surface area contributed by atoms with Crippen LogP contribution >= 0.6 is 0 Å². The van der Waals surface area contributed by atoms with Gasteiger partial charge in [-0.2, -0.15) is 0 Å². The first-order valence-electron chi connectivity index (χ1n) is 12.3. The number of likely N-dealkylation sites (tertiary alicyclic amines) is 2. The van der Waals surface area contributed by atoms with Crippen molar-refractivity contribution in [1.29, 1.82) is 0 Å². The van der Waals surface area contributed by atoms with E-state index in [1.165, 1.54) is 5.56 Å². The van der Waals surface area contributed by atoms with Crippen LogP contribution in [0.5, 0.6) is 0 Å². The second-order valence-corrected chi connectivity index (χ2v) is 10.2. The van der Waals surface area contributed by atoms with Crippen molar-refractivity contribution in [2.24, 2.45) is 5.41 Å². The highest BCUT2D eigenvalue weighted by atomic mass is 16.5. The van der Waals surface area contributed by atoms with Crippen LogP contribution in [0.2, 0.25) is 0 Å². The maximum absolute atomic E-state index is 13.5. The highest BCUT2D eigenvalue weighted by molar-refractivity contribution is 5.96. The minimum atomic E-state index is 0.00339. The molecule has 0 atom stereocenters. The summed E-state index contributed by atoms with van der Waals surface area (Å²) in [6.07, 6.45) is 6.40. The molecule has 0 aliphatic carbocycles. The Morgan fingerprint density at radius 2 is 1.63 bits per heavy atom. The Morgan fingerprint density at radius 3 is 2.26 bits per heavy atom. The van der Waals surface area contributed by atoms with Crippen LogP contribution in [0.4, 0.5) is 0 Å². The van der Waals surface area contributed by atoms with Gasteiger partial charge in [0.1, 0.15) is 11.3 Å². The molecule has 5 rings (SSSR count). The third-order valence-corrected chi connectivity index (χ3v) is 7.98. The summed E-state index contributed by atoms with van der Waals surface area (Å²) in [6, 6.07) is 6.04. The smallest absolute Gasteiger partial charge is 0.259 e.